The third-order valence-corrected chi connectivity index (χ3v) is 2.64. The van der Waals surface area contributed by atoms with Crippen molar-refractivity contribution in [1.29, 1.82) is 0 Å². The zero-order valence-electron chi connectivity index (χ0n) is 9.80. The molecule has 1 aromatic carbocycles. The van der Waals surface area contributed by atoms with Crippen LogP contribution in [-0.4, -0.2) is 30.1 Å². The topological polar surface area (TPSA) is 20.3 Å². The molecular formula is C12H13ClF3NO. The quantitative estimate of drug-likeness (QED) is 0.822. The van der Waals surface area contributed by atoms with Crippen LogP contribution in [0.5, 0.6) is 0 Å². The van der Waals surface area contributed by atoms with Crippen LogP contribution in [0.2, 0.25) is 5.02 Å². The summed E-state index contributed by atoms with van der Waals surface area (Å²) in [5, 5.41) is 0.382. The second kappa shape index (κ2) is 6.09. The second-order valence-electron chi connectivity index (χ2n) is 3.76. The van der Waals surface area contributed by atoms with Gasteiger partial charge in [-0.05, 0) is 25.1 Å². The fourth-order valence-corrected chi connectivity index (χ4v) is 1.66. The van der Waals surface area contributed by atoms with Gasteiger partial charge in [-0.15, -0.1) is 0 Å². The summed E-state index contributed by atoms with van der Waals surface area (Å²) in [6, 6.07) is 6.17. The SMILES string of the molecule is CCN(CCC(F)(F)F)C(=O)c1cccc(Cl)c1. The number of amides is 1. The summed E-state index contributed by atoms with van der Waals surface area (Å²) in [5.74, 6) is -0.441. The smallest absolute Gasteiger partial charge is 0.339 e. The lowest BCUT2D eigenvalue weighted by Crippen LogP contribution is -2.34. The molecule has 1 aromatic rings. The highest BCUT2D eigenvalue weighted by Crippen LogP contribution is 2.20. The van der Waals surface area contributed by atoms with Gasteiger partial charge >= 0.3 is 6.18 Å². The van der Waals surface area contributed by atoms with Crippen LogP contribution in [0, 0.1) is 0 Å². The summed E-state index contributed by atoms with van der Waals surface area (Å²) < 4.78 is 36.4. The molecule has 0 saturated carbocycles. The molecule has 0 N–H and O–H groups in total. The molecule has 0 aliphatic rings. The average molecular weight is 280 g/mol. The highest BCUT2D eigenvalue weighted by molar-refractivity contribution is 6.30. The standard InChI is InChI=1S/C12H13ClF3NO/c1-2-17(7-6-12(14,15)16)11(18)9-4-3-5-10(13)8-9/h3-5,8H,2,6-7H2,1H3. The Morgan fingerprint density at radius 3 is 2.56 bits per heavy atom. The number of carbonyl (C=O) groups excluding carboxylic acids is 1. The third kappa shape index (κ3) is 4.56. The molecule has 0 aliphatic heterocycles. The minimum Gasteiger partial charge on any atom is -0.339 e. The van der Waals surface area contributed by atoms with Crippen molar-refractivity contribution < 1.29 is 18.0 Å². The fraction of sp³-hybridized carbons (Fsp3) is 0.417. The zero-order chi connectivity index (χ0) is 13.8. The van der Waals surface area contributed by atoms with Crippen molar-refractivity contribution >= 4 is 17.5 Å². The van der Waals surface area contributed by atoms with Crippen molar-refractivity contribution in [3.05, 3.63) is 34.9 Å². The number of carbonyl (C=O) groups is 1. The van der Waals surface area contributed by atoms with Crippen LogP contribution in [0.1, 0.15) is 23.7 Å². The number of hydrogen-bond donors (Lipinski definition) is 0. The van der Waals surface area contributed by atoms with Crippen molar-refractivity contribution in [3.8, 4) is 0 Å². The Morgan fingerprint density at radius 1 is 1.39 bits per heavy atom. The maximum absolute atomic E-state index is 12.1. The molecule has 18 heavy (non-hydrogen) atoms. The number of nitrogens with zero attached hydrogens (tertiary/aromatic N) is 1. The number of alkyl halides is 3. The lowest BCUT2D eigenvalue weighted by atomic mass is 10.2. The van der Waals surface area contributed by atoms with Crippen molar-refractivity contribution in [2.45, 2.75) is 19.5 Å². The van der Waals surface area contributed by atoms with Gasteiger partial charge in [0.25, 0.3) is 5.91 Å². The summed E-state index contributed by atoms with van der Waals surface area (Å²) in [5.41, 5.74) is 0.298. The van der Waals surface area contributed by atoms with Gasteiger partial charge in [-0.1, -0.05) is 17.7 Å². The van der Waals surface area contributed by atoms with E-state index >= 15 is 0 Å². The molecule has 1 amide bonds. The number of benzene rings is 1. The van der Waals surface area contributed by atoms with E-state index in [-0.39, 0.29) is 13.1 Å². The number of rotatable bonds is 4. The van der Waals surface area contributed by atoms with Crippen LogP contribution in [-0.2, 0) is 0 Å². The molecule has 0 unspecified atom stereocenters. The van der Waals surface area contributed by atoms with Crippen LogP contribution in [0.15, 0.2) is 24.3 Å². The summed E-state index contributed by atoms with van der Waals surface area (Å²) in [4.78, 5) is 13.1. The first-order valence-electron chi connectivity index (χ1n) is 5.45. The first kappa shape index (κ1) is 14.8. The van der Waals surface area contributed by atoms with Crippen LogP contribution in [0.25, 0.3) is 0 Å². The van der Waals surface area contributed by atoms with E-state index < -0.39 is 18.5 Å². The largest absolute Gasteiger partial charge is 0.390 e. The maximum atomic E-state index is 12.1. The monoisotopic (exact) mass is 279 g/mol. The Balaban J connectivity index is 2.74. The lowest BCUT2D eigenvalue weighted by Gasteiger charge is -2.21. The Bertz CT molecular complexity index is 420. The first-order chi connectivity index (χ1) is 8.33. The molecule has 0 heterocycles. The molecule has 0 radical (unpaired) electrons. The Labute approximate surface area is 108 Å². The molecule has 0 bridgehead atoms. The van der Waals surface area contributed by atoms with Crippen LogP contribution in [0.4, 0.5) is 13.2 Å². The maximum Gasteiger partial charge on any atom is 0.390 e. The van der Waals surface area contributed by atoms with Crippen molar-refractivity contribution in [2.75, 3.05) is 13.1 Å². The van der Waals surface area contributed by atoms with Crippen LogP contribution < -0.4 is 0 Å². The van der Waals surface area contributed by atoms with E-state index in [1.807, 2.05) is 0 Å². The van der Waals surface area contributed by atoms with Gasteiger partial charge in [-0.25, -0.2) is 0 Å². The molecule has 1 rings (SSSR count). The van der Waals surface area contributed by atoms with Crippen LogP contribution in [0.3, 0.4) is 0 Å². The van der Waals surface area contributed by atoms with Gasteiger partial charge in [0.1, 0.15) is 0 Å². The van der Waals surface area contributed by atoms with Crippen molar-refractivity contribution in [3.63, 3.8) is 0 Å². The van der Waals surface area contributed by atoms with Crippen molar-refractivity contribution in [1.82, 2.24) is 4.90 Å². The highest BCUT2D eigenvalue weighted by Gasteiger charge is 2.28. The average Bonchev–Trinajstić information content (AvgIpc) is 2.28. The van der Waals surface area contributed by atoms with Gasteiger partial charge < -0.3 is 4.90 Å². The van der Waals surface area contributed by atoms with E-state index in [0.29, 0.717) is 10.6 Å². The van der Waals surface area contributed by atoms with Gasteiger partial charge in [-0.2, -0.15) is 13.2 Å². The van der Waals surface area contributed by atoms with Gasteiger partial charge in [0.15, 0.2) is 0 Å². The molecule has 0 fully saturated rings. The van der Waals surface area contributed by atoms with E-state index in [4.69, 9.17) is 11.6 Å². The molecular weight excluding hydrogens is 267 g/mol. The minimum atomic E-state index is -4.26. The Morgan fingerprint density at radius 2 is 2.06 bits per heavy atom. The van der Waals surface area contributed by atoms with Gasteiger partial charge in [0.05, 0.1) is 6.42 Å². The molecule has 2 nitrogen and oxygen atoms in total. The first-order valence-corrected chi connectivity index (χ1v) is 5.83. The number of halogens is 4. The minimum absolute atomic E-state index is 0.224. The summed E-state index contributed by atoms with van der Waals surface area (Å²) in [7, 11) is 0. The molecule has 100 valence electrons. The Hall–Kier alpha value is -1.23. The van der Waals surface area contributed by atoms with E-state index in [1.165, 1.54) is 12.1 Å². The van der Waals surface area contributed by atoms with Gasteiger partial charge in [0, 0.05) is 23.7 Å². The summed E-state index contributed by atoms with van der Waals surface area (Å²) in [6.45, 7) is 1.52. The van der Waals surface area contributed by atoms with Gasteiger partial charge in [-0.3, -0.25) is 4.79 Å². The van der Waals surface area contributed by atoms with E-state index in [2.05, 4.69) is 0 Å². The molecule has 6 heteroatoms. The van der Waals surface area contributed by atoms with E-state index in [0.717, 1.165) is 4.90 Å². The molecule has 0 aliphatic carbocycles. The molecule has 0 atom stereocenters. The Kier molecular flexibility index (Phi) is 5.02. The van der Waals surface area contributed by atoms with E-state index in [9.17, 15) is 18.0 Å². The van der Waals surface area contributed by atoms with Crippen LogP contribution >= 0.6 is 11.6 Å². The zero-order valence-corrected chi connectivity index (χ0v) is 10.6. The predicted octanol–water partition coefficient (Wildman–Crippen LogP) is 3.75. The second-order valence-corrected chi connectivity index (χ2v) is 4.20. The van der Waals surface area contributed by atoms with Gasteiger partial charge in [0.2, 0.25) is 0 Å². The normalized spacial score (nSPS) is 11.4. The summed E-state index contributed by atoms with van der Waals surface area (Å²) in [6.07, 6.45) is -5.27. The number of hydrogen-bond acceptors (Lipinski definition) is 1. The molecule has 0 spiro atoms. The predicted molar refractivity (Wildman–Crippen MR) is 63.7 cm³/mol. The molecule has 0 saturated heterocycles. The lowest BCUT2D eigenvalue weighted by molar-refractivity contribution is -0.136. The van der Waals surface area contributed by atoms with Crippen molar-refractivity contribution in [2.24, 2.45) is 0 Å². The molecule has 0 aromatic heterocycles. The fourth-order valence-electron chi connectivity index (χ4n) is 1.47. The van der Waals surface area contributed by atoms with E-state index in [1.54, 1.807) is 19.1 Å². The third-order valence-electron chi connectivity index (χ3n) is 2.41. The highest BCUT2D eigenvalue weighted by atomic mass is 35.5. The summed E-state index contributed by atoms with van der Waals surface area (Å²) >= 11 is 5.74.